The predicted molar refractivity (Wildman–Crippen MR) is 73.6 cm³/mol. The molecule has 1 aromatic rings. The number of carbonyl (C=O) groups excluding carboxylic acids is 1. The maximum Gasteiger partial charge on any atom is 0.326 e. The number of aliphatic hydroxyl groups excluding tert-OH is 1. The summed E-state index contributed by atoms with van der Waals surface area (Å²) in [6.07, 6.45) is 3.24. The fourth-order valence-corrected chi connectivity index (χ4v) is 2.29. The van der Waals surface area contributed by atoms with Gasteiger partial charge in [-0.25, -0.2) is 14.6 Å². The van der Waals surface area contributed by atoms with Crippen LogP contribution in [-0.2, 0) is 11.2 Å². The average molecular weight is 296 g/mol. The number of aromatic nitrogens is 2. The van der Waals surface area contributed by atoms with Gasteiger partial charge in [-0.3, -0.25) is 0 Å². The van der Waals surface area contributed by atoms with E-state index in [1.807, 2.05) is 6.92 Å². The van der Waals surface area contributed by atoms with Crippen LogP contribution in [-0.4, -0.2) is 62.3 Å². The van der Waals surface area contributed by atoms with Crippen LogP contribution in [0.1, 0.15) is 19.0 Å². The number of carboxylic acids is 1. The fourth-order valence-electron chi connectivity index (χ4n) is 2.29. The van der Waals surface area contributed by atoms with E-state index in [2.05, 4.69) is 15.3 Å². The predicted octanol–water partition coefficient (Wildman–Crippen LogP) is -0.182. The lowest BCUT2D eigenvalue weighted by Gasteiger charge is -2.34. The molecule has 3 atom stereocenters. The molecular weight excluding hydrogens is 276 g/mol. The van der Waals surface area contributed by atoms with E-state index in [4.69, 9.17) is 0 Å². The van der Waals surface area contributed by atoms with Crippen molar-refractivity contribution < 1.29 is 19.8 Å². The summed E-state index contributed by atoms with van der Waals surface area (Å²) in [5.74, 6) is -0.960. The van der Waals surface area contributed by atoms with E-state index in [0.717, 1.165) is 0 Å². The highest BCUT2D eigenvalue weighted by atomic mass is 16.4. The molecule has 2 heterocycles. The van der Waals surface area contributed by atoms with E-state index in [1.165, 1.54) is 17.4 Å². The van der Waals surface area contributed by atoms with Crippen LogP contribution in [0.25, 0.3) is 0 Å². The number of nitrogens with one attached hydrogen (secondary N) is 2. The van der Waals surface area contributed by atoms with E-state index in [1.54, 1.807) is 0 Å². The second kappa shape index (κ2) is 6.57. The minimum atomic E-state index is -1.11. The second-order valence-electron chi connectivity index (χ2n) is 5.40. The topological polar surface area (TPSA) is 119 Å². The number of rotatable bonds is 4. The average Bonchev–Trinajstić information content (AvgIpc) is 2.93. The first-order chi connectivity index (χ1) is 9.97. The number of imidazole rings is 1. The van der Waals surface area contributed by atoms with Crippen LogP contribution >= 0.6 is 0 Å². The van der Waals surface area contributed by atoms with Crippen molar-refractivity contribution in [2.45, 2.75) is 31.9 Å². The minimum Gasteiger partial charge on any atom is -0.480 e. The Hall–Kier alpha value is -2.09. The van der Waals surface area contributed by atoms with Crippen molar-refractivity contribution in [3.8, 4) is 0 Å². The molecule has 0 aliphatic carbocycles. The summed E-state index contributed by atoms with van der Waals surface area (Å²) in [7, 11) is 0. The van der Waals surface area contributed by atoms with Gasteiger partial charge < -0.3 is 25.4 Å². The molecular formula is C13H20N4O4. The number of piperidine rings is 1. The number of urea groups is 1. The Morgan fingerprint density at radius 2 is 2.38 bits per heavy atom. The van der Waals surface area contributed by atoms with Crippen molar-refractivity contribution >= 4 is 12.0 Å². The van der Waals surface area contributed by atoms with Gasteiger partial charge in [-0.1, -0.05) is 6.92 Å². The summed E-state index contributed by atoms with van der Waals surface area (Å²) < 4.78 is 0. The number of likely N-dealkylation sites (tertiary alicyclic amines) is 1. The molecule has 4 N–H and O–H groups in total. The molecule has 1 fully saturated rings. The highest BCUT2D eigenvalue weighted by Gasteiger charge is 2.29. The first-order valence-electron chi connectivity index (χ1n) is 6.91. The van der Waals surface area contributed by atoms with Crippen LogP contribution in [0.2, 0.25) is 0 Å². The summed E-state index contributed by atoms with van der Waals surface area (Å²) in [6, 6.07) is -1.50. The van der Waals surface area contributed by atoms with Gasteiger partial charge in [0.2, 0.25) is 0 Å². The fraction of sp³-hybridized carbons (Fsp3) is 0.615. The van der Waals surface area contributed by atoms with Gasteiger partial charge in [0.15, 0.2) is 0 Å². The van der Waals surface area contributed by atoms with Gasteiger partial charge in [0.05, 0.1) is 12.4 Å². The highest BCUT2D eigenvalue weighted by molar-refractivity contribution is 5.82. The molecule has 21 heavy (non-hydrogen) atoms. The van der Waals surface area contributed by atoms with Gasteiger partial charge in [-0.2, -0.15) is 0 Å². The Labute approximate surface area is 122 Å². The molecule has 8 heteroatoms. The SMILES string of the molecule is CC1CCN(C(=O)N[C@@H](Cc2cnc[nH]2)C(=O)O)CC1O. The smallest absolute Gasteiger partial charge is 0.326 e. The number of hydrogen-bond acceptors (Lipinski definition) is 4. The zero-order valence-corrected chi connectivity index (χ0v) is 11.8. The summed E-state index contributed by atoms with van der Waals surface area (Å²) in [6.45, 7) is 2.67. The van der Waals surface area contributed by atoms with Crippen molar-refractivity contribution in [2.75, 3.05) is 13.1 Å². The molecule has 0 aromatic carbocycles. The van der Waals surface area contributed by atoms with Gasteiger partial charge in [-0.05, 0) is 12.3 Å². The van der Waals surface area contributed by atoms with Gasteiger partial charge in [-0.15, -0.1) is 0 Å². The van der Waals surface area contributed by atoms with Crippen molar-refractivity contribution in [1.82, 2.24) is 20.2 Å². The zero-order chi connectivity index (χ0) is 15.4. The van der Waals surface area contributed by atoms with Crippen LogP contribution in [0.5, 0.6) is 0 Å². The summed E-state index contributed by atoms with van der Waals surface area (Å²) in [4.78, 5) is 31.4. The Bertz CT molecular complexity index is 490. The molecule has 1 aromatic heterocycles. The molecule has 1 aliphatic rings. The van der Waals surface area contributed by atoms with Crippen molar-refractivity contribution in [2.24, 2.45) is 5.92 Å². The first kappa shape index (κ1) is 15.3. The molecule has 8 nitrogen and oxygen atoms in total. The summed E-state index contributed by atoms with van der Waals surface area (Å²) >= 11 is 0. The lowest BCUT2D eigenvalue weighted by Crippen LogP contribution is -2.53. The van der Waals surface area contributed by atoms with Gasteiger partial charge in [0.1, 0.15) is 6.04 Å². The first-order valence-corrected chi connectivity index (χ1v) is 6.91. The molecule has 2 amide bonds. The van der Waals surface area contributed by atoms with Gasteiger partial charge in [0.25, 0.3) is 0 Å². The van der Waals surface area contributed by atoms with Gasteiger partial charge in [0, 0.05) is 31.4 Å². The van der Waals surface area contributed by atoms with E-state index < -0.39 is 24.1 Å². The van der Waals surface area contributed by atoms with Crippen LogP contribution in [0.3, 0.4) is 0 Å². The Kier molecular flexibility index (Phi) is 4.79. The molecule has 0 saturated carbocycles. The maximum absolute atomic E-state index is 12.1. The summed E-state index contributed by atoms with van der Waals surface area (Å²) in [5.41, 5.74) is 0.634. The Balaban J connectivity index is 1.93. The number of hydrogen-bond donors (Lipinski definition) is 4. The normalized spacial score (nSPS) is 23.6. The lowest BCUT2D eigenvalue weighted by atomic mass is 9.96. The quantitative estimate of drug-likeness (QED) is 0.614. The van der Waals surface area contributed by atoms with E-state index in [9.17, 15) is 19.8 Å². The zero-order valence-electron chi connectivity index (χ0n) is 11.8. The molecule has 0 radical (unpaired) electrons. The standard InChI is InChI=1S/C13H20N4O4/c1-8-2-3-17(6-11(8)18)13(21)16-10(12(19)20)4-9-5-14-7-15-9/h5,7-8,10-11,18H,2-4,6H2,1H3,(H,14,15)(H,16,21)(H,19,20)/t8?,10-,11?/m0/s1. The molecule has 116 valence electrons. The van der Waals surface area contributed by atoms with Crippen molar-refractivity contribution in [3.63, 3.8) is 0 Å². The summed E-state index contributed by atoms with van der Waals surface area (Å²) in [5, 5.41) is 21.5. The maximum atomic E-state index is 12.1. The molecule has 2 unspecified atom stereocenters. The molecule has 1 aliphatic heterocycles. The Morgan fingerprint density at radius 1 is 1.62 bits per heavy atom. The van der Waals surface area contributed by atoms with E-state index in [-0.39, 0.29) is 18.9 Å². The van der Waals surface area contributed by atoms with Crippen LogP contribution in [0.4, 0.5) is 4.79 Å². The van der Waals surface area contributed by atoms with Crippen LogP contribution in [0, 0.1) is 5.92 Å². The second-order valence-corrected chi connectivity index (χ2v) is 5.40. The lowest BCUT2D eigenvalue weighted by molar-refractivity contribution is -0.139. The molecule has 1 saturated heterocycles. The number of amides is 2. The molecule has 0 bridgehead atoms. The number of aliphatic carboxylic acids is 1. The third-order valence-electron chi connectivity index (χ3n) is 3.78. The minimum absolute atomic E-state index is 0.133. The number of carbonyl (C=O) groups is 2. The third-order valence-corrected chi connectivity index (χ3v) is 3.78. The Morgan fingerprint density at radius 3 is 2.95 bits per heavy atom. The van der Waals surface area contributed by atoms with Crippen molar-refractivity contribution in [3.05, 3.63) is 18.2 Å². The number of H-pyrrole nitrogens is 1. The largest absolute Gasteiger partial charge is 0.480 e. The third kappa shape index (κ3) is 3.94. The van der Waals surface area contributed by atoms with Gasteiger partial charge >= 0.3 is 12.0 Å². The van der Waals surface area contributed by atoms with Crippen LogP contribution < -0.4 is 5.32 Å². The molecule has 2 rings (SSSR count). The van der Waals surface area contributed by atoms with Crippen molar-refractivity contribution in [1.29, 1.82) is 0 Å². The highest BCUT2D eigenvalue weighted by Crippen LogP contribution is 2.17. The number of carboxylic acid groups (broad SMARTS) is 1. The van der Waals surface area contributed by atoms with E-state index >= 15 is 0 Å². The number of aromatic amines is 1. The number of nitrogens with zero attached hydrogens (tertiary/aromatic N) is 2. The van der Waals surface area contributed by atoms with E-state index in [0.29, 0.717) is 18.7 Å². The number of β-amino-alcohol motifs (C(OH)–C–C–N with tert-alkyl or cyclic N) is 1. The monoisotopic (exact) mass is 296 g/mol. The molecule has 0 spiro atoms. The number of aliphatic hydroxyl groups is 1. The van der Waals surface area contributed by atoms with Crippen LogP contribution in [0.15, 0.2) is 12.5 Å².